The lowest BCUT2D eigenvalue weighted by atomic mass is 9.99. The highest BCUT2D eigenvalue weighted by Crippen LogP contribution is 2.34. The Labute approximate surface area is 199 Å². The van der Waals surface area contributed by atoms with E-state index >= 15 is 0 Å². The van der Waals surface area contributed by atoms with Crippen molar-refractivity contribution >= 4 is 27.0 Å². The van der Waals surface area contributed by atoms with E-state index in [1.165, 1.54) is 28.1 Å². The molecule has 0 spiro atoms. The number of carbonyl (C=O) groups is 1. The summed E-state index contributed by atoms with van der Waals surface area (Å²) < 4.78 is 23.2. The van der Waals surface area contributed by atoms with Gasteiger partial charge in [0.1, 0.15) is 11.9 Å². The molecule has 0 fully saturated rings. The molecule has 0 atom stereocenters. The van der Waals surface area contributed by atoms with E-state index in [9.17, 15) is 18.5 Å². The fraction of sp³-hybridized carbons (Fsp3) is 0.308. The molecule has 0 N–H and O–H groups in total. The van der Waals surface area contributed by atoms with Crippen LogP contribution in [0.15, 0.2) is 53.4 Å². The number of Topliss-reactive ketones (excluding diaryl/α,β-unsaturated/α-hetero) is 1. The van der Waals surface area contributed by atoms with Crippen LogP contribution in [0.1, 0.15) is 37.6 Å². The molecule has 33 heavy (non-hydrogen) atoms. The number of benzene rings is 2. The minimum atomic E-state index is -3.26. The Hall–Kier alpha value is -2.79. The third-order valence-corrected chi connectivity index (χ3v) is 8.27. The van der Waals surface area contributed by atoms with Gasteiger partial charge in [-0.25, -0.2) is 8.42 Å². The van der Waals surface area contributed by atoms with Gasteiger partial charge in [-0.2, -0.15) is 5.26 Å². The first-order valence-corrected chi connectivity index (χ1v) is 13.6. The number of nitrogens with zero attached hydrogens (tertiary/aromatic N) is 2. The van der Waals surface area contributed by atoms with Crippen molar-refractivity contribution in [1.82, 2.24) is 4.90 Å². The molecule has 1 aliphatic rings. The summed E-state index contributed by atoms with van der Waals surface area (Å²) in [6.45, 7) is 4.66. The first-order chi connectivity index (χ1) is 15.7. The molecule has 1 aromatic heterocycles. The molecule has 170 valence electrons. The number of carbonyl (C=O) groups excluding carboxylic acids is 1. The summed E-state index contributed by atoms with van der Waals surface area (Å²) in [6, 6.07) is 17.3. The number of thiophene rings is 1. The highest BCUT2D eigenvalue weighted by Gasteiger charge is 2.25. The Morgan fingerprint density at radius 3 is 2.55 bits per heavy atom. The molecule has 7 heteroatoms. The first kappa shape index (κ1) is 23.4. The quantitative estimate of drug-likeness (QED) is 0.507. The molecular weight excluding hydrogens is 452 g/mol. The van der Waals surface area contributed by atoms with E-state index in [4.69, 9.17) is 0 Å². The molecule has 4 rings (SSSR count). The molecule has 0 unspecified atom stereocenters. The second-order valence-corrected chi connectivity index (χ2v) is 11.9. The minimum Gasteiger partial charge on any atom is -0.299 e. The Bertz CT molecular complexity index is 1330. The van der Waals surface area contributed by atoms with Crippen molar-refractivity contribution in [2.45, 2.75) is 44.2 Å². The molecule has 0 saturated carbocycles. The number of rotatable bonds is 7. The van der Waals surface area contributed by atoms with E-state index in [1.54, 1.807) is 23.5 Å². The van der Waals surface area contributed by atoms with Crippen molar-refractivity contribution in [1.29, 1.82) is 5.26 Å². The van der Waals surface area contributed by atoms with Crippen molar-refractivity contribution < 1.29 is 13.2 Å². The third kappa shape index (κ3) is 5.59. The van der Waals surface area contributed by atoms with Crippen molar-refractivity contribution in [3.8, 4) is 6.07 Å². The van der Waals surface area contributed by atoms with Crippen molar-refractivity contribution in [2.24, 2.45) is 0 Å². The van der Waals surface area contributed by atoms with E-state index in [1.807, 2.05) is 0 Å². The maximum atomic E-state index is 12.8. The average Bonchev–Trinajstić information content (AvgIpc) is 3.09. The normalized spacial score (nSPS) is 14.0. The Morgan fingerprint density at radius 2 is 1.88 bits per heavy atom. The van der Waals surface area contributed by atoms with Crippen LogP contribution in [0.4, 0.5) is 0 Å². The van der Waals surface area contributed by atoms with Gasteiger partial charge in [0.15, 0.2) is 9.84 Å². The summed E-state index contributed by atoms with van der Waals surface area (Å²) in [5, 5.41) is 9.78. The number of nitriles is 1. The van der Waals surface area contributed by atoms with Crippen LogP contribution in [0.25, 0.3) is 0 Å². The van der Waals surface area contributed by atoms with E-state index < -0.39 is 9.84 Å². The average molecular weight is 479 g/mol. The van der Waals surface area contributed by atoms with Crippen molar-refractivity contribution in [3.63, 3.8) is 0 Å². The lowest BCUT2D eigenvalue weighted by Gasteiger charge is -2.27. The largest absolute Gasteiger partial charge is 0.299 e. The minimum absolute atomic E-state index is 0.0221. The lowest BCUT2D eigenvalue weighted by molar-refractivity contribution is -0.117. The van der Waals surface area contributed by atoms with Gasteiger partial charge in [0.05, 0.1) is 10.5 Å². The monoisotopic (exact) mass is 478 g/mol. The molecule has 0 aliphatic carbocycles. The van der Waals surface area contributed by atoms with Gasteiger partial charge < -0.3 is 0 Å². The van der Waals surface area contributed by atoms with E-state index in [-0.39, 0.29) is 23.5 Å². The predicted octanol–water partition coefficient (Wildman–Crippen LogP) is 4.24. The molecule has 1 aliphatic heterocycles. The SMILES string of the molecule is Cc1cccc(CN2CCc3c(sc(CC(=O)Cc4ccc(S(C)(=O)=O)cc4)c3C#N)C2)c1. The van der Waals surface area contributed by atoms with Gasteiger partial charge in [0, 0.05) is 48.5 Å². The zero-order chi connectivity index (χ0) is 23.6. The predicted molar refractivity (Wildman–Crippen MR) is 130 cm³/mol. The van der Waals surface area contributed by atoms with Gasteiger partial charge in [-0.15, -0.1) is 11.3 Å². The fourth-order valence-corrected chi connectivity index (χ4v) is 6.30. The third-order valence-electron chi connectivity index (χ3n) is 5.92. The number of sulfone groups is 1. The maximum absolute atomic E-state index is 12.8. The molecule has 0 radical (unpaired) electrons. The smallest absolute Gasteiger partial charge is 0.175 e. The topological polar surface area (TPSA) is 78.2 Å². The second-order valence-electron chi connectivity index (χ2n) is 8.67. The van der Waals surface area contributed by atoms with Gasteiger partial charge >= 0.3 is 0 Å². The second kappa shape index (κ2) is 9.60. The molecular formula is C26H26N2O3S2. The van der Waals surface area contributed by atoms with Gasteiger partial charge in [-0.1, -0.05) is 42.0 Å². The van der Waals surface area contributed by atoms with E-state index in [0.29, 0.717) is 5.56 Å². The standard InChI is InChI=1S/C26H26N2O3S2/c1-18-4-3-5-20(12-18)16-28-11-10-23-24(15-27)25(32-26(23)17-28)14-21(29)13-19-6-8-22(9-7-19)33(2,30)31/h3-9,12H,10-11,13-14,16-17H2,1-2H3. The van der Waals surface area contributed by atoms with Crippen molar-refractivity contribution in [2.75, 3.05) is 12.8 Å². The number of fused-ring (bicyclic) bond motifs is 1. The lowest BCUT2D eigenvalue weighted by Crippen LogP contribution is -2.29. The van der Waals surface area contributed by atoms with Crippen LogP contribution < -0.4 is 0 Å². The summed E-state index contributed by atoms with van der Waals surface area (Å²) in [7, 11) is -3.26. The summed E-state index contributed by atoms with van der Waals surface area (Å²) >= 11 is 1.58. The van der Waals surface area contributed by atoms with E-state index in [0.717, 1.165) is 48.3 Å². The highest BCUT2D eigenvalue weighted by atomic mass is 32.2. The molecule has 2 heterocycles. The highest BCUT2D eigenvalue weighted by molar-refractivity contribution is 7.90. The number of aryl methyl sites for hydroxylation is 1. The van der Waals surface area contributed by atoms with Gasteiger partial charge in [0.2, 0.25) is 0 Å². The van der Waals surface area contributed by atoms with Crippen molar-refractivity contribution in [3.05, 3.63) is 86.1 Å². The van der Waals surface area contributed by atoms with E-state index in [2.05, 4.69) is 42.2 Å². The van der Waals surface area contributed by atoms with Crippen LogP contribution >= 0.6 is 11.3 Å². The van der Waals surface area contributed by atoms with Gasteiger partial charge in [-0.05, 0) is 42.2 Å². The van der Waals surface area contributed by atoms with Gasteiger partial charge in [0.25, 0.3) is 0 Å². The summed E-state index contributed by atoms with van der Waals surface area (Å²) in [4.78, 5) is 17.4. The number of ketones is 1. The number of hydrogen-bond donors (Lipinski definition) is 0. The molecule has 0 amide bonds. The zero-order valence-corrected chi connectivity index (χ0v) is 20.4. The van der Waals surface area contributed by atoms with Crippen LogP contribution in [-0.4, -0.2) is 31.9 Å². The molecule has 2 aromatic carbocycles. The molecule has 5 nitrogen and oxygen atoms in total. The fourth-order valence-electron chi connectivity index (χ4n) is 4.29. The van der Waals surface area contributed by atoms with Crippen LogP contribution in [0.5, 0.6) is 0 Å². The summed E-state index contributed by atoms with van der Waals surface area (Å²) in [5.74, 6) is 0.0221. The summed E-state index contributed by atoms with van der Waals surface area (Å²) in [5.41, 5.74) is 5.08. The Kier molecular flexibility index (Phi) is 6.80. The van der Waals surface area contributed by atoms with Crippen LogP contribution in [0.3, 0.4) is 0 Å². The Morgan fingerprint density at radius 1 is 1.12 bits per heavy atom. The number of hydrogen-bond acceptors (Lipinski definition) is 6. The Balaban J connectivity index is 1.44. The maximum Gasteiger partial charge on any atom is 0.175 e. The molecule has 3 aromatic rings. The van der Waals surface area contributed by atoms with Crippen LogP contribution in [0, 0.1) is 18.3 Å². The molecule has 0 saturated heterocycles. The van der Waals surface area contributed by atoms with Crippen LogP contribution in [0.2, 0.25) is 0 Å². The first-order valence-electron chi connectivity index (χ1n) is 10.8. The van der Waals surface area contributed by atoms with Crippen LogP contribution in [-0.2, 0) is 47.0 Å². The zero-order valence-electron chi connectivity index (χ0n) is 18.8. The molecule has 0 bridgehead atoms. The summed E-state index contributed by atoms with van der Waals surface area (Å²) in [6.07, 6.45) is 2.43. The van der Waals surface area contributed by atoms with Gasteiger partial charge in [-0.3, -0.25) is 9.69 Å².